The van der Waals surface area contributed by atoms with Crippen LogP contribution in [0, 0.1) is 0 Å². The number of hydrogen-bond acceptors (Lipinski definition) is 6. The fraction of sp³-hybridized carbons (Fsp3) is 0. The summed E-state index contributed by atoms with van der Waals surface area (Å²) in [5, 5.41) is 25.4. The van der Waals surface area contributed by atoms with E-state index in [0.29, 0.717) is 0 Å². The highest BCUT2D eigenvalue weighted by Gasteiger charge is 1.90. The van der Waals surface area contributed by atoms with Gasteiger partial charge in [0.05, 0.1) is 0 Å². The van der Waals surface area contributed by atoms with Crippen LogP contribution in [-0.2, 0) is 22.5 Å². The topological polar surface area (TPSA) is 173 Å². The summed E-state index contributed by atoms with van der Waals surface area (Å²) in [4.78, 5) is 0. The lowest BCUT2D eigenvalue weighted by Crippen LogP contribution is -1.97. The average molecular weight is 270 g/mol. The summed E-state index contributed by atoms with van der Waals surface area (Å²) in [5.74, 6) is -0.153. The molecule has 16 heavy (non-hydrogen) atoms. The van der Waals surface area contributed by atoms with Crippen molar-refractivity contribution in [3.63, 3.8) is 0 Å². The minimum atomic E-state index is -2.36. The van der Waals surface area contributed by atoms with Crippen molar-refractivity contribution >= 4 is 22.5 Å². The Kier molecular flexibility index (Phi) is 11.4. The predicted octanol–water partition coefficient (Wildman–Crippen LogP) is -1.42. The smallest absolute Gasteiger partial charge is 0.157 e. The van der Waals surface area contributed by atoms with Gasteiger partial charge in [0.25, 0.3) is 0 Å². The molecule has 0 aliphatic carbocycles. The van der Waals surface area contributed by atoms with Crippen LogP contribution in [0.25, 0.3) is 0 Å². The fourth-order valence-electron chi connectivity index (χ4n) is 0.464. The summed E-state index contributed by atoms with van der Waals surface area (Å²) in [6.07, 6.45) is 0. The summed E-state index contributed by atoms with van der Waals surface area (Å²) in [7, 11) is 0. The van der Waals surface area contributed by atoms with Gasteiger partial charge in [0.2, 0.25) is 0 Å². The summed E-state index contributed by atoms with van der Waals surface area (Å²) in [6, 6.07) is 6.15. The maximum atomic E-state index is 8.78. The maximum Gasteiger partial charge on any atom is 0.157 e. The standard InChI is InChI=1S/C6H6O2.2H3NO2S/c7-5-3-1-2-4-6(5)8;2*1-4(2)3/h1-4,7-8H;2*1H2,(H,2,3)/p-2. The van der Waals surface area contributed by atoms with Crippen LogP contribution in [0.1, 0.15) is 0 Å². The molecule has 2 atom stereocenters. The van der Waals surface area contributed by atoms with Crippen molar-refractivity contribution in [1.29, 1.82) is 0 Å². The third kappa shape index (κ3) is 18.7. The molecule has 0 aliphatic heterocycles. The van der Waals surface area contributed by atoms with Gasteiger partial charge in [-0.25, -0.2) is 0 Å². The van der Waals surface area contributed by atoms with Gasteiger partial charge in [-0.05, 0) is 12.1 Å². The van der Waals surface area contributed by atoms with Crippen LogP contribution in [0.2, 0.25) is 0 Å². The van der Waals surface area contributed by atoms with E-state index in [1.807, 2.05) is 0 Å². The van der Waals surface area contributed by atoms with Gasteiger partial charge < -0.3 is 19.3 Å². The molecule has 94 valence electrons. The van der Waals surface area contributed by atoms with Gasteiger partial charge in [0.1, 0.15) is 0 Å². The Morgan fingerprint density at radius 3 is 1.25 bits per heavy atom. The third-order valence-corrected chi connectivity index (χ3v) is 0.882. The molecular weight excluding hydrogens is 260 g/mol. The van der Waals surface area contributed by atoms with E-state index in [0.717, 1.165) is 0 Å². The second kappa shape index (κ2) is 10.5. The van der Waals surface area contributed by atoms with Crippen molar-refractivity contribution in [2.24, 2.45) is 10.3 Å². The summed E-state index contributed by atoms with van der Waals surface area (Å²) in [5.41, 5.74) is 0. The van der Waals surface area contributed by atoms with E-state index < -0.39 is 22.5 Å². The number of nitrogens with two attached hydrogens (primary N) is 2. The Hall–Kier alpha value is -1.04. The zero-order chi connectivity index (χ0) is 13.1. The van der Waals surface area contributed by atoms with Crippen molar-refractivity contribution in [2.75, 3.05) is 0 Å². The van der Waals surface area contributed by atoms with Crippen LogP contribution in [-0.4, -0.2) is 27.7 Å². The Morgan fingerprint density at radius 1 is 0.938 bits per heavy atom. The molecule has 0 heterocycles. The molecule has 1 rings (SSSR count). The van der Waals surface area contributed by atoms with E-state index in [4.69, 9.17) is 27.7 Å². The normalized spacial score (nSPS) is 12.2. The molecule has 0 bridgehead atoms. The number of phenols is 2. The van der Waals surface area contributed by atoms with Crippen molar-refractivity contribution in [3.05, 3.63) is 24.3 Å². The first-order chi connectivity index (χ1) is 7.27. The van der Waals surface area contributed by atoms with E-state index in [9.17, 15) is 0 Å². The first-order valence-electron chi connectivity index (χ1n) is 3.41. The molecule has 0 amide bonds. The Balaban J connectivity index is 0. The SMILES string of the molecule is NS(=O)[O-].NS(=O)[O-].Oc1ccccc1O. The summed E-state index contributed by atoms with van der Waals surface area (Å²) in [6.45, 7) is 0. The molecule has 8 nitrogen and oxygen atoms in total. The van der Waals surface area contributed by atoms with Crippen LogP contribution in [0.5, 0.6) is 11.5 Å². The summed E-state index contributed by atoms with van der Waals surface area (Å²) < 4.78 is 35.1. The van der Waals surface area contributed by atoms with E-state index in [1.54, 1.807) is 12.1 Å². The molecule has 10 heteroatoms. The first kappa shape index (κ1) is 17.4. The van der Waals surface area contributed by atoms with Gasteiger partial charge in [-0.2, -0.15) is 0 Å². The van der Waals surface area contributed by atoms with Crippen LogP contribution < -0.4 is 10.3 Å². The lowest BCUT2D eigenvalue weighted by molar-refractivity contribution is 0.404. The van der Waals surface area contributed by atoms with Crippen molar-refractivity contribution < 1.29 is 27.7 Å². The molecule has 0 spiro atoms. The van der Waals surface area contributed by atoms with Gasteiger partial charge in [0, 0.05) is 22.5 Å². The van der Waals surface area contributed by atoms with E-state index >= 15 is 0 Å². The van der Waals surface area contributed by atoms with E-state index in [-0.39, 0.29) is 11.5 Å². The van der Waals surface area contributed by atoms with E-state index in [2.05, 4.69) is 10.3 Å². The van der Waals surface area contributed by atoms with Gasteiger partial charge in [-0.1, -0.05) is 12.1 Å². The molecule has 0 fully saturated rings. The minimum absolute atomic E-state index is 0.0764. The van der Waals surface area contributed by atoms with Crippen LogP contribution >= 0.6 is 0 Å². The minimum Gasteiger partial charge on any atom is -0.760 e. The second-order valence-corrected chi connectivity index (χ2v) is 3.05. The lowest BCUT2D eigenvalue weighted by Gasteiger charge is -1.91. The number of aromatic hydroxyl groups is 2. The van der Waals surface area contributed by atoms with Gasteiger partial charge in [-0.3, -0.25) is 18.7 Å². The molecule has 0 saturated carbocycles. The summed E-state index contributed by atoms with van der Waals surface area (Å²) >= 11 is -4.72. The quantitative estimate of drug-likeness (QED) is 0.332. The zero-order valence-corrected chi connectivity index (χ0v) is 9.44. The molecule has 6 N–H and O–H groups in total. The lowest BCUT2D eigenvalue weighted by atomic mass is 10.3. The highest BCUT2D eigenvalue weighted by atomic mass is 32.2. The van der Waals surface area contributed by atoms with E-state index in [1.165, 1.54) is 12.1 Å². The molecule has 0 aromatic heterocycles. The zero-order valence-electron chi connectivity index (χ0n) is 7.81. The van der Waals surface area contributed by atoms with Crippen molar-refractivity contribution in [2.45, 2.75) is 0 Å². The van der Waals surface area contributed by atoms with Gasteiger partial charge in [-0.15, -0.1) is 0 Å². The largest absolute Gasteiger partial charge is 0.760 e. The third-order valence-electron chi connectivity index (χ3n) is 0.882. The van der Waals surface area contributed by atoms with Gasteiger partial charge in [0.15, 0.2) is 11.5 Å². The average Bonchev–Trinajstić information content (AvgIpc) is 2.08. The number of phenolic OH excluding ortho intramolecular Hbond substituents is 2. The van der Waals surface area contributed by atoms with Crippen LogP contribution in [0.4, 0.5) is 0 Å². The highest BCUT2D eigenvalue weighted by Crippen LogP contribution is 2.21. The second-order valence-electron chi connectivity index (χ2n) is 2.01. The van der Waals surface area contributed by atoms with Gasteiger partial charge >= 0.3 is 0 Å². The molecular formula is C6H10N2O6S2-2. The fourth-order valence-corrected chi connectivity index (χ4v) is 0.464. The maximum absolute atomic E-state index is 8.78. The first-order valence-corrected chi connectivity index (χ1v) is 5.69. The highest BCUT2D eigenvalue weighted by molar-refractivity contribution is 7.76. The Morgan fingerprint density at radius 2 is 1.12 bits per heavy atom. The molecule has 0 aliphatic rings. The Bertz CT molecular complexity index is 307. The predicted molar refractivity (Wildman–Crippen MR) is 56.0 cm³/mol. The van der Waals surface area contributed by atoms with Crippen molar-refractivity contribution in [1.82, 2.24) is 0 Å². The number of benzene rings is 1. The molecule has 1 aromatic carbocycles. The van der Waals surface area contributed by atoms with Crippen LogP contribution in [0.15, 0.2) is 24.3 Å². The molecule has 2 unspecified atom stereocenters. The molecule has 0 saturated heterocycles. The Labute approximate surface area is 96.7 Å². The number of para-hydroxylation sites is 2. The number of rotatable bonds is 0. The van der Waals surface area contributed by atoms with Crippen molar-refractivity contribution in [3.8, 4) is 11.5 Å². The monoisotopic (exact) mass is 270 g/mol. The van der Waals surface area contributed by atoms with Crippen LogP contribution in [0.3, 0.4) is 0 Å². The number of hydrogen-bond donors (Lipinski definition) is 4. The molecule has 0 radical (unpaired) electrons. The molecule has 1 aromatic rings.